The van der Waals surface area contributed by atoms with Crippen LogP contribution >= 0.6 is 0 Å². The van der Waals surface area contributed by atoms with Crippen LogP contribution < -0.4 is 10.5 Å². The predicted molar refractivity (Wildman–Crippen MR) is 81.3 cm³/mol. The van der Waals surface area contributed by atoms with Crippen LogP contribution in [0.4, 0.5) is 5.69 Å². The Morgan fingerprint density at radius 3 is 2.35 bits per heavy atom. The Kier molecular flexibility index (Phi) is 4.41. The Morgan fingerprint density at radius 1 is 1.10 bits per heavy atom. The van der Waals surface area contributed by atoms with Crippen LogP contribution in [0, 0.1) is 0 Å². The van der Waals surface area contributed by atoms with Gasteiger partial charge >= 0.3 is 0 Å². The summed E-state index contributed by atoms with van der Waals surface area (Å²) in [6.07, 6.45) is 1.35. The first-order valence-corrected chi connectivity index (χ1v) is 6.69. The summed E-state index contributed by atoms with van der Waals surface area (Å²) in [5.41, 5.74) is 9.13. The Bertz CT molecular complexity index is 603. The number of anilines is 1. The minimum absolute atomic E-state index is 0.00523. The second kappa shape index (κ2) is 6.24. The molecular formula is C17H19NO2. The minimum Gasteiger partial charge on any atom is -0.495 e. The molecule has 2 aromatic carbocycles. The topological polar surface area (TPSA) is 52.3 Å². The monoisotopic (exact) mass is 269 g/mol. The van der Waals surface area contributed by atoms with Crippen molar-refractivity contribution in [1.29, 1.82) is 0 Å². The molecule has 0 unspecified atom stereocenters. The van der Waals surface area contributed by atoms with Crippen LogP contribution in [0.15, 0.2) is 42.5 Å². The molecule has 2 N–H and O–H groups in total. The maximum absolute atomic E-state index is 12.3. The molecule has 3 nitrogen and oxygen atoms in total. The molecule has 2 rings (SSSR count). The fraction of sp³-hybridized carbons (Fsp3) is 0.235. The molecule has 0 fully saturated rings. The zero-order valence-corrected chi connectivity index (χ0v) is 11.8. The number of nitrogen functional groups attached to an aromatic ring is 1. The van der Waals surface area contributed by atoms with Crippen molar-refractivity contribution in [3.8, 4) is 5.75 Å². The number of benzene rings is 2. The number of ketones is 1. The number of rotatable bonds is 5. The average Bonchev–Trinajstić information content (AvgIpc) is 2.48. The third kappa shape index (κ3) is 2.99. The summed E-state index contributed by atoms with van der Waals surface area (Å²) in [5.74, 6) is 0.544. The van der Waals surface area contributed by atoms with E-state index in [1.165, 1.54) is 5.56 Å². The van der Waals surface area contributed by atoms with Crippen molar-refractivity contribution >= 4 is 11.5 Å². The number of Topliss-reactive ketones (excluding diaryl/α,β-unsaturated/α-hetero) is 1. The Hall–Kier alpha value is -2.29. The number of aryl methyl sites for hydroxylation is 1. The highest BCUT2D eigenvalue weighted by Crippen LogP contribution is 2.25. The number of carbonyl (C=O) groups is 1. The summed E-state index contributed by atoms with van der Waals surface area (Å²) in [7, 11) is 1.55. The van der Waals surface area contributed by atoms with Crippen LogP contribution in [0.3, 0.4) is 0 Å². The Morgan fingerprint density at radius 2 is 1.75 bits per heavy atom. The number of hydrogen-bond acceptors (Lipinski definition) is 3. The van der Waals surface area contributed by atoms with E-state index in [0.717, 1.165) is 12.0 Å². The van der Waals surface area contributed by atoms with Gasteiger partial charge in [-0.2, -0.15) is 0 Å². The van der Waals surface area contributed by atoms with E-state index in [-0.39, 0.29) is 5.78 Å². The van der Waals surface area contributed by atoms with Crippen molar-refractivity contribution in [2.24, 2.45) is 0 Å². The normalized spacial score (nSPS) is 10.3. The van der Waals surface area contributed by atoms with Crippen molar-refractivity contribution in [2.45, 2.75) is 19.8 Å². The SMILES string of the molecule is CCc1ccc(CC(=O)c2cccc(OC)c2N)cc1. The predicted octanol–water partition coefficient (Wildman–Crippen LogP) is 3.27. The van der Waals surface area contributed by atoms with Crippen molar-refractivity contribution in [1.82, 2.24) is 0 Å². The van der Waals surface area contributed by atoms with Gasteiger partial charge in [0.25, 0.3) is 0 Å². The standard InChI is InChI=1S/C17H19NO2/c1-3-12-7-9-13(10-8-12)11-15(19)14-5-4-6-16(20-2)17(14)18/h4-10H,3,11,18H2,1-2H3. The largest absolute Gasteiger partial charge is 0.495 e. The molecule has 0 amide bonds. The van der Waals surface area contributed by atoms with E-state index in [9.17, 15) is 4.79 Å². The van der Waals surface area contributed by atoms with Crippen LogP contribution in [0.1, 0.15) is 28.4 Å². The highest BCUT2D eigenvalue weighted by atomic mass is 16.5. The molecular weight excluding hydrogens is 250 g/mol. The van der Waals surface area contributed by atoms with Crippen LogP contribution in [-0.2, 0) is 12.8 Å². The summed E-state index contributed by atoms with van der Waals surface area (Å²) in [6, 6.07) is 13.4. The molecule has 0 saturated heterocycles. The molecule has 0 aliphatic rings. The van der Waals surface area contributed by atoms with Crippen molar-refractivity contribution in [3.63, 3.8) is 0 Å². The van der Waals surface area contributed by atoms with Gasteiger partial charge in [0.1, 0.15) is 5.75 Å². The fourth-order valence-electron chi connectivity index (χ4n) is 2.14. The van der Waals surface area contributed by atoms with Gasteiger partial charge in [0.2, 0.25) is 0 Å². The van der Waals surface area contributed by atoms with Gasteiger partial charge in [-0.25, -0.2) is 0 Å². The van der Waals surface area contributed by atoms with Crippen LogP contribution in [0.5, 0.6) is 5.75 Å². The maximum Gasteiger partial charge on any atom is 0.169 e. The van der Waals surface area contributed by atoms with Gasteiger partial charge < -0.3 is 10.5 Å². The van der Waals surface area contributed by atoms with Gasteiger partial charge in [0, 0.05) is 12.0 Å². The molecule has 20 heavy (non-hydrogen) atoms. The molecule has 0 atom stereocenters. The molecule has 104 valence electrons. The van der Waals surface area contributed by atoms with Crippen molar-refractivity contribution in [3.05, 3.63) is 59.2 Å². The zero-order valence-electron chi connectivity index (χ0n) is 11.8. The highest BCUT2D eigenvalue weighted by molar-refractivity contribution is 6.03. The Labute approximate surface area is 119 Å². The number of methoxy groups -OCH3 is 1. The second-order valence-corrected chi connectivity index (χ2v) is 4.69. The van der Waals surface area contributed by atoms with Gasteiger partial charge in [-0.15, -0.1) is 0 Å². The molecule has 0 aromatic heterocycles. The van der Waals surface area contributed by atoms with Crippen LogP contribution in [0.2, 0.25) is 0 Å². The first-order valence-electron chi connectivity index (χ1n) is 6.69. The molecule has 0 aliphatic heterocycles. The van der Waals surface area contributed by atoms with E-state index in [2.05, 4.69) is 19.1 Å². The number of para-hydroxylation sites is 1. The lowest BCUT2D eigenvalue weighted by atomic mass is 10.00. The van der Waals surface area contributed by atoms with Gasteiger partial charge in [0.15, 0.2) is 5.78 Å². The Balaban J connectivity index is 2.19. The van der Waals surface area contributed by atoms with E-state index in [4.69, 9.17) is 10.5 Å². The fourth-order valence-corrected chi connectivity index (χ4v) is 2.14. The van der Waals surface area contributed by atoms with Gasteiger partial charge in [0.05, 0.1) is 12.8 Å². The molecule has 0 heterocycles. The number of hydrogen-bond donors (Lipinski definition) is 1. The van der Waals surface area contributed by atoms with E-state index in [0.29, 0.717) is 23.4 Å². The minimum atomic E-state index is 0.00523. The lowest BCUT2D eigenvalue weighted by Crippen LogP contribution is -2.08. The van der Waals surface area contributed by atoms with E-state index in [1.54, 1.807) is 25.3 Å². The summed E-state index contributed by atoms with van der Waals surface area (Å²) in [5, 5.41) is 0. The zero-order chi connectivity index (χ0) is 14.5. The van der Waals surface area contributed by atoms with Crippen LogP contribution in [0.25, 0.3) is 0 Å². The number of carbonyl (C=O) groups excluding carboxylic acids is 1. The summed E-state index contributed by atoms with van der Waals surface area (Å²) >= 11 is 0. The summed E-state index contributed by atoms with van der Waals surface area (Å²) in [6.45, 7) is 2.11. The van der Waals surface area contributed by atoms with Crippen molar-refractivity contribution < 1.29 is 9.53 Å². The maximum atomic E-state index is 12.3. The first kappa shape index (κ1) is 14.1. The number of nitrogens with two attached hydrogens (primary N) is 1. The van der Waals surface area contributed by atoms with E-state index >= 15 is 0 Å². The molecule has 0 bridgehead atoms. The quantitative estimate of drug-likeness (QED) is 0.669. The summed E-state index contributed by atoms with van der Waals surface area (Å²) < 4.78 is 5.14. The third-order valence-corrected chi connectivity index (χ3v) is 3.38. The van der Waals surface area contributed by atoms with E-state index < -0.39 is 0 Å². The van der Waals surface area contributed by atoms with E-state index in [1.807, 2.05) is 12.1 Å². The summed E-state index contributed by atoms with van der Waals surface area (Å²) in [4.78, 5) is 12.3. The number of ether oxygens (including phenoxy) is 1. The molecule has 3 heteroatoms. The smallest absolute Gasteiger partial charge is 0.169 e. The third-order valence-electron chi connectivity index (χ3n) is 3.38. The molecule has 0 spiro atoms. The highest BCUT2D eigenvalue weighted by Gasteiger charge is 2.13. The molecule has 0 radical (unpaired) electrons. The van der Waals surface area contributed by atoms with Crippen LogP contribution in [-0.4, -0.2) is 12.9 Å². The van der Waals surface area contributed by atoms with Crippen molar-refractivity contribution in [2.75, 3.05) is 12.8 Å². The van der Waals surface area contributed by atoms with Gasteiger partial charge in [-0.3, -0.25) is 4.79 Å². The molecule has 0 saturated carbocycles. The van der Waals surface area contributed by atoms with Gasteiger partial charge in [-0.1, -0.05) is 37.3 Å². The molecule has 0 aliphatic carbocycles. The first-order chi connectivity index (χ1) is 9.65. The second-order valence-electron chi connectivity index (χ2n) is 4.69. The lowest BCUT2D eigenvalue weighted by Gasteiger charge is -2.09. The average molecular weight is 269 g/mol. The van der Waals surface area contributed by atoms with Gasteiger partial charge in [-0.05, 0) is 29.7 Å². The molecule has 2 aromatic rings. The lowest BCUT2D eigenvalue weighted by molar-refractivity contribution is 0.0993.